The van der Waals surface area contributed by atoms with Crippen LogP contribution >= 0.6 is 0 Å². The lowest BCUT2D eigenvalue weighted by molar-refractivity contribution is -0.923. The first-order valence-electron chi connectivity index (χ1n) is 16.5. The Morgan fingerprint density at radius 3 is 1.08 bits per heavy atom. The lowest BCUT2D eigenvalue weighted by Crippen LogP contribution is -2.55. The molecule has 0 aromatic rings. The van der Waals surface area contributed by atoms with Gasteiger partial charge in [0, 0.05) is 6.42 Å². The van der Waals surface area contributed by atoms with Gasteiger partial charge in [0.1, 0.15) is 0 Å². The van der Waals surface area contributed by atoms with Crippen molar-refractivity contribution >= 4 is 11.9 Å². The molecule has 0 aromatic heterocycles. The van der Waals surface area contributed by atoms with Gasteiger partial charge in [0.15, 0.2) is 12.1 Å². The minimum atomic E-state index is -0.205. The molecule has 6 heteroatoms. The SMILES string of the molecule is CCCCCCCCCCOC(=O)C(C)[N+](C)(C)CCC[N+](C)(C)C(C)C(=O)OCCCCCCCCCC. The number of unbranched alkanes of at least 4 members (excludes halogenated alkanes) is 14. The predicted molar refractivity (Wildman–Crippen MR) is 165 cm³/mol. The van der Waals surface area contributed by atoms with Crippen molar-refractivity contribution in [1.82, 2.24) is 0 Å². The zero-order valence-electron chi connectivity index (χ0n) is 27.5. The van der Waals surface area contributed by atoms with Crippen molar-refractivity contribution in [3.8, 4) is 0 Å². The molecular formula is C33H68N2O4+2. The summed E-state index contributed by atoms with van der Waals surface area (Å²) in [4.78, 5) is 25.4. The summed E-state index contributed by atoms with van der Waals surface area (Å²) >= 11 is 0. The Balaban J connectivity index is 4.18. The second-order valence-electron chi connectivity index (χ2n) is 13.0. The second-order valence-corrected chi connectivity index (χ2v) is 13.0. The van der Waals surface area contributed by atoms with Gasteiger partial charge < -0.3 is 18.4 Å². The molecule has 232 valence electrons. The molecule has 0 aliphatic heterocycles. The van der Waals surface area contributed by atoms with Gasteiger partial charge >= 0.3 is 11.9 Å². The van der Waals surface area contributed by atoms with Crippen molar-refractivity contribution in [3.63, 3.8) is 0 Å². The van der Waals surface area contributed by atoms with E-state index in [1.165, 1.54) is 77.0 Å². The number of rotatable bonds is 26. The van der Waals surface area contributed by atoms with E-state index in [4.69, 9.17) is 9.47 Å². The van der Waals surface area contributed by atoms with E-state index >= 15 is 0 Å². The van der Waals surface area contributed by atoms with Crippen LogP contribution in [-0.4, -0.2) is 87.5 Å². The number of ether oxygens (including phenoxy) is 2. The van der Waals surface area contributed by atoms with E-state index in [2.05, 4.69) is 42.0 Å². The van der Waals surface area contributed by atoms with Crippen molar-refractivity contribution in [2.45, 2.75) is 149 Å². The molecule has 2 unspecified atom stereocenters. The van der Waals surface area contributed by atoms with E-state index in [0.717, 1.165) is 45.2 Å². The van der Waals surface area contributed by atoms with Crippen LogP contribution in [0.5, 0.6) is 0 Å². The molecule has 0 amide bonds. The van der Waals surface area contributed by atoms with E-state index < -0.39 is 0 Å². The summed E-state index contributed by atoms with van der Waals surface area (Å²) in [5.41, 5.74) is 0. The predicted octanol–water partition coefficient (Wildman–Crippen LogP) is 7.67. The molecule has 0 fully saturated rings. The van der Waals surface area contributed by atoms with Crippen LogP contribution < -0.4 is 0 Å². The van der Waals surface area contributed by atoms with Crippen LogP contribution in [0.25, 0.3) is 0 Å². The van der Waals surface area contributed by atoms with Crippen molar-refractivity contribution in [3.05, 3.63) is 0 Å². The van der Waals surface area contributed by atoms with Crippen LogP contribution in [0.1, 0.15) is 137 Å². The standard InChI is InChI=1S/C33H68N2O4/c1-9-11-13-15-17-19-21-23-28-38-32(36)30(3)34(5,6)26-25-27-35(7,8)31(4)33(37)39-29-24-22-20-18-16-14-12-10-2/h30-31H,9-29H2,1-8H3/q+2. The normalized spacial score (nSPS) is 13.7. The van der Waals surface area contributed by atoms with Crippen LogP contribution in [-0.2, 0) is 19.1 Å². The van der Waals surface area contributed by atoms with E-state index in [0.29, 0.717) is 22.2 Å². The maximum absolute atomic E-state index is 12.7. The van der Waals surface area contributed by atoms with Crippen molar-refractivity contribution in [2.24, 2.45) is 0 Å². The molecule has 0 aliphatic rings. The molecule has 0 aromatic carbocycles. The smallest absolute Gasteiger partial charge is 0.364 e. The third-order valence-corrected chi connectivity index (χ3v) is 8.73. The second kappa shape index (κ2) is 22.5. The molecule has 0 N–H and O–H groups in total. The summed E-state index contributed by atoms with van der Waals surface area (Å²) in [5, 5.41) is 0. The maximum atomic E-state index is 12.7. The van der Waals surface area contributed by atoms with Gasteiger partial charge in [-0.1, -0.05) is 104 Å². The van der Waals surface area contributed by atoms with Gasteiger partial charge in [-0.2, -0.15) is 0 Å². The summed E-state index contributed by atoms with van der Waals surface area (Å²) in [6.45, 7) is 11.2. The number of esters is 2. The quantitative estimate of drug-likeness (QED) is 0.0623. The summed E-state index contributed by atoms with van der Waals surface area (Å²) < 4.78 is 12.4. The molecule has 6 nitrogen and oxygen atoms in total. The van der Waals surface area contributed by atoms with Gasteiger partial charge in [-0.25, -0.2) is 9.59 Å². The number of carbonyl (C=O) groups is 2. The fraction of sp³-hybridized carbons (Fsp3) is 0.939. The van der Waals surface area contributed by atoms with Gasteiger partial charge in [0.25, 0.3) is 0 Å². The molecule has 0 heterocycles. The molecule has 0 saturated carbocycles. The van der Waals surface area contributed by atoms with Crippen LogP contribution in [0, 0.1) is 0 Å². The van der Waals surface area contributed by atoms with E-state index in [1.54, 1.807) is 0 Å². The average molecular weight is 557 g/mol. The fourth-order valence-corrected chi connectivity index (χ4v) is 4.90. The number of carbonyl (C=O) groups excluding carboxylic acids is 2. The molecule has 0 radical (unpaired) electrons. The molecule has 0 bridgehead atoms. The Bertz CT molecular complexity index is 569. The zero-order chi connectivity index (χ0) is 29.6. The fourth-order valence-electron chi connectivity index (χ4n) is 4.90. The highest BCUT2D eigenvalue weighted by Gasteiger charge is 2.35. The molecule has 2 atom stereocenters. The summed E-state index contributed by atoms with van der Waals surface area (Å²) in [7, 11) is 8.40. The lowest BCUT2D eigenvalue weighted by atomic mass is 10.1. The number of hydrogen-bond donors (Lipinski definition) is 0. The monoisotopic (exact) mass is 557 g/mol. The van der Waals surface area contributed by atoms with Crippen molar-refractivity contribution < 1.29 is 28.0 Å². The Morgan fingerprint density at radius 2 is 0.769 bits per heavy atom. The van der Waals surface area contributed by atoms with Gasteiger partial charge in [0.2, 0.25) is 0 Å². The average Bonchev–Trinajstić information content (AvgIpc) is 2.89. The Morgan fingerprint density at radius 1 is 0.487 bits per heavy atom. The van der Waals surface area contributed by atoms with Gasteiger partial charge in [0.05, 0.1) is 54.5 Å². The highest BCUT2D eigenvalue weighted by molar-refractivity contribution is 5.74. The molecule has 0 spiro atoms. The summed E-state index contributed by atoms with van der Waals surface area (Å²) in [6.07, 6.45) is 20.7. The highest BCUT2D eigenvalue weighted by Crippen LogP contribution is 2.15. The lowest BCUT2D eigenvalue weighted by Gasteiger charge is -2.38. The van der Waals surface area contributed by atoms with Crippen LogP contribution in [0.15, 0.2) is 0 Å². The van der Waals surface area contributed by atoms with Gasteiger partial charge in [-0.05, 0) is 26.7 Å². The number of hydrogen-bond acceptors (Lipinski definition) is 4. The Kier molecular flexibility index (Phi) is 21.9. The van der Waals surface area contributed by atoms with Crippen LogP contribution in [0.3, 0.4) is 0 Å². The third-order valence-electron chi connectivity index (χ3n) is 8.73. The van der Waals surface area contributed by atoms with E-state index in [9.17, 15) is 9.59 Å². The number of quaternary nitrogens is 2. The van der Waals surface area contributed by atoms with Crippen LogP contribution in [0.2, 0.25) is 0 Å². The third kappa shape index (κ3) is 18.8. The molecular weight excluding hydrogens is 488 g/mol. The number of nitrogens with zero attached hydrogens (tertiary/aromatic N) is 2. The van der Waals surface area contributed by atoms with Crippen molar-refractivity contribution in [2.75, 3.05) is 54.5 Å². The zero-order valence-corrected chi connectivity index (χ0v) is 27.5. The first-order chi connectivity index (χ1) is 18.5. The minimum Gasteiger partial charge on any atom is -0.461 e. The Hall–Kier alpha value is -1.14. The first kappa shape index (κ1) is 37.9. The molecule has 0 rings (SSSR count). The molecule has 0 saturated heterocycles. The topological polar surface area (TPSA) is 52.6 Å². The number of likely N-dealkylation sites (N-methyl/N-ethyl adjacent to an activating group) is 2. The summed E-state index contributed by atoms with van der Waals surface area (Å²) in [6, 6.07) is -0.410. The van der Waals surface area contributed by atoms with Gasteiger partial charge in [-0.15, -0.1) is 0 Å². The van der Waals surface area contributed by atoms with E-state index in [1.807, 2.05) is 13.8 Å². The van der Waals surface area contributed by atoms with Gasteiger partial charge in [-0.3, -0.25) is 0 Å². The highest BCUT2D eigenvalue weighted by atomic mass is 16.5. The summed E-state index contributed by atoms with van der Waals surface area (Å²) in [5.74, 6) is -0.204. The first-order valence-corrected chi connectivity index (χ1v) is 16.5. The maximum Gasteiger partial charge on any atom is 0.364 e. The minimum absolute atomic E-state index is 0.102. The molecule has 39 heavy (non-hydrogen) atoms. The Labute approximate surface area is 243 Å². The van der Waals surface area contributed by atoms with Crippen LogP contribution in [0.4, 0.5) is 0 Å². The largest absolute Gasteiger partial charge is 0.461 e. The van der Waals surface area contributed by atoms with Crippen molar-refractivity contribution in [1.29, 1.82) is 0 Å². The molecule has 0 aliphatic carbocycles. The van der Waals surface area contributed by atoms with E-state index in [-0.39, 0.29) is 24.0 Å².